The van der Waals surface area contributed by atoms with Gasteiger partial charge in [-0.05, 0) is 36.6 Å². The first-order valence-electron chi connectivity index (χ1n) is 13.3. The van der Waals surface area contributed by atoms with Crippen LogP contribution >= 0.6 is 15.9 Å². The Balaban J connectivity index is 2.06. The minimum absolute atomic E-state index is 0.00249. The Morgan fingerprint density at radius 2 is 1.75 bits per heavy atom. The summed E-state index contributed by atoms with van der Waals surface area (Å²) < 4.78 is 32.9. The van der Waals surface area contributed by atoms with Gasteiger partial charge in [-0.15, -0.1) is 0 Å². The molecule has 0 unspecified atom stereocenters. The molecule has 0 fully saturated rings. The first-order valence-corrected chi connectivity index (χ1v) is 15.6. The zero-order valence-corrected chi connectivity index (χ0v) is 26.1. The highest BCUT2D eigenvalue weighted by Gasteiger charge is 2.28. The summed E-state index contributed by atoms with van der Waals surface area (Å²) in [4.78, 5) is 49.8. The van der Waals surface area contributed by atoms with Crippen molar-refractivity contribution in [1.29, 1.82) is 5.41 Å². The molecule has 0 heterocycles. The highest BCUT2D eigenvalue weighted by molar-refractivity contribution is 9.10. The first-order chi connectivity index (χ1) is 20.8. The van der Waals surface area contributed by atoms with Crippen molar-refractivity contribution in [3.8, 4) is 0 Å². The molecule has 0 spiro atoms. The van der Waals surface area contributed by atoms with Crippen molar-refractivity contribution in [2.75, 3.05) is 19.7 Å². The molecule has 0 aromatic heterocycles. The lowest BCUT2D eigenvalue weighted by Gasteiger charge is -2.23. The molecule has 14 nitrogen and oxygen atoms in total. The number of rotatable bonds is 18. The van der Waals surface area contributed by atoms with Crippen LogP contribution in [-0.4, -0.2) is 75.0 Å². The van der Waals surface area contributed by atoms with Gasteiger partial charge in [-0.3, -0.25) is 19.8 Å². The van der Waals surface area contributed by atoms with E-state index in [1.54, 1.807) is 36.4 Å². The number of nitrogen functional groups attached to an aromatic ring is 1. The monoisotopic (exact) mass is 694 g/mol. The number of nitrogens with one attached hydrogen (secondary N) is 5. The molecular formula is C28H35BrN6O8S. The van der Waals surface area contributed by atoms with Crippen LogP contribution in [0.2, 0.25) is 0 Å². The highest BCUT2D eigenvalue weighted by atomic mass is 79.9. The third kappa shape index (κ3) is 12.5. The van der Waals surface area contributed by atoms with Gasteiger partial charge < -0.3 is 31.5 Å². The van der Waals surface area contributed by atoms with E-state index in [4.69, 9.17) is 21.0 Å². The number of nitrogens with two attached hydrogens (primary N) is 1. The minimum Gasteiger partial charge on any atom is -0.481 e. The predicted octanol–water partition coefficient (Wildman–Crippen LogP) is 1.39. The number of halogens is 1. The molecule has 2 aromatic rings. The Morgan fingerprint density at radius 1 is 1.05 bits per heavy atom. The number of ether oxygens (including phenoxy) is 1. The van der Waals surface area contributed by atoms with E-state index in [0.717, 1.165) is 0 Å². The number of amidine groups is 1. The van der Waals surface area contributed by atoms with Crippen molar-refractivity contribution in [3.63, 3.8) is 0 Å². The number of hydrogen-bond donors (Lipinski definition) is 7. The zero-order chi connectivity index (χ0) is 32.7. The van der Waals surface area contributed by atoms with Gasteiger partial charge in [0.1, 0.15) is 24.5 Å². The quantitative estimate of drug-likeness (QED) is 0.0517. The van der Waals surface area contributed by atoms with Crippen molar-refractivity contribution in [3.05, 3.63) is 76.8 Å². The maximum Gasteiger partial charge on any atom is 0.408 e. The summed E-state index contributed by atoms with van der Waals surface area (Å²) in [7, 11) is -3.77. The smallest absolute Gasteiger partial charge is 0.408 e. The summed E-state index contributed by atoms with van der Waals surface area (Å²) in [5.41, 5.74) is 6.54. The Bertz CT molecular complexity index is 1450. The van der Waals surface area contributed by atoms with Crippen molar-refractivity contribution >= 4 is 55.7 Å². The number of alkyl carbamates (subject to hydrolysis) is 1. The molecular weight excluding hydrogens is 660 g/mol. The second kappa shape index (κ2) is 17.7. The molecule has 238 valence electrons. The number of benzene rings is 2. The molecule has 0 bridgehead atoms. The van der Waals surface area contributed by atoms with Gasteiger partial charge in [0.15, 0.2) is 0 Å². The third-order valence-electron chi connectivity index (χ3n) is 5.98. The summed E-state index contributed by atoms with van der Waals surface area (Å²) in [5, 5.41) is 24.2. The van der Waals surface area contributed by atoms with Crippen LogP contribution in [0.3, 0.4) is 0 Å². The first kappa shape index (κ1) is 35.9. The molecule has 3 amide bonds. The molecule has 16 heteroatoms. The fourth-order valence-electron chi connectivity index (χ4n) is 3.74. The number of carboxylic acid groups (broad SMARTS) is 1. The summed E-state index contributed by atoms with van der Waals surface area (Å²) >= 11 is 3.22. The van der Waals surface area contributed by atoms with E-state index in [9.17, 15) is 27.6 Å². The Labute approximate surface area is 263 Å². The van der Waals surface area contributed by atoms with Crippen LogP contribution in [0.15, 0.2) is 70.6 Å². The third-order valence-corrected chi connectivity index (χ3v) is 7.93. The topological polar surface area (TPSA) is 230 Å². The van der Waals surface area contributed by atoms with E-state index >= 15 is 0 Å². The van der Waals surface area contributed by atoms with Crippen LogP contribution in [0.5, 0.6) is 0 Å². The Morgan fingerprint density at radius 3 is 2.36 bits per heavy atom. The molecule has 44 heavy (non-hydrogen) atoms. The number of hydrogen-bond acceptors (Lipinski definition) is 8. The molecule has 0 aliphatic heterocycles. The lowest BCUT2D eigenvalue weighted by atomic mass is 10.0. The molecule has 0 aliphatic carbocycles. The van der Waals surface area contributed by atoms with Crippen molar-refractivity contribution in [2.45, 2.75) is 42.7 Å². The molecule has 2 atom stereocenters. The average Bonchev–Trinajstić information content (AvgIpc) is 2.97. The number of sulfonamides is 1. The lowest BCUT2D eigenvalue weighted by molar-refractivity contribution is -0.138. The molecule has 0 radical (unpaired) electrons. The minimum atomic E-state index is -3.77. The number of aliphatic carboxylic acids is 1. The largest absolute Gasteiger partial charge is 0.481 e. The molecule has 0 saturated heterocycles. The maximum atomic E-state index is 13.3. The molecule has 2 rings (SSSR count). The summed E-state index contributed by atoms with van der Waals surface area (Å²) in [6.45, 7) is 3.37. The normalized spacial score (nSPS) is 12.3. The van der Waals surface area contributed by atoms with Gasteiger partial charge in [0.2, 0.25) is 21.8 Å². The van der Waals surface area contributed by atoms with Gasteiger partial charge in [0.05, 0.1) is 4.90 Å². The van der Waals surface area contributed by atoms with E-state index in [2.05, 4.69) is 43.2 Å². The SMILES string of the molecule is C=CCOC(=O)N[C@@H](Cc1ccc(C(=N)N)cc1)C(=O)N[C@@H](CCC(=O)O)C(=O)NCCCNS(=O)(=O)c1cccc(Br)c1. The van der Waals surface area contributed by atoms with Crippen LogP contribution in [0.25, 0.3) is 0 Å². The van der Waals surface area contributed by atoms with Gasteiger partial charge in [-0.2, -0.15) is 0 Å². The van der Waals surface area contributed by atoms with Crippen molar-refractivity contribution in [2.24, 2.45) is 5.73 Å². The summed E-state index contributed by atoms with van der Waals surface area (Å²) in [6, 6.07) is 10.0. The van der Waals surface area contributed by atoms with Crippen LogP contribution in [0, 0.1) is 5.41 Å². The average molecular weight is 696 g/mol. The lowest BCUT2D eigenvalue weighted by Crippen LogP contribution is -2.54. The number of carbonyl (C=O) groups excluding carboxylic acids is 3. The molecule has 0 saturated carbocycles. The standard InChI is InChI=1S/C28H35BrN6O8S/c1-2-15-43-28(40)35-23(16-18-7-9-19(10-8-18)25(30)31)27(39)34-22(11-12-24(36)37)26(38)32-13-4-14-33-44(41,42)21-6-3-5-20(29)17-21/h2-3,5-10,17,22-23,33H,1,4,11-16H2,(H3,30,31)(H,32,38)(H,34,39)(H,35,40)(H,36,37)/t22-,23-/m0/s1. The van der Waals surface area contributed by atoms with Crippen molar-refractivity contribution in [1.82, 2.24) is 20.7 Å². The number of carboxylic acids is 1. The highest BCUT2D eigenvalue weighted by Crippen LogP contribution is 2.15. The van der Waals surface area contributed by atoms with Gasteiger partial charge in [-0.1, -0.05) is 58.9 Å². The second-order valence-corrected chi connectivity index (χ2v) is 12.1. The zero-order valence-electron chi connectivity index (χ0n) is 23.7. The van der Waals surface area contributed by atoms with Gasteiger partial charge >= 0.3 is 12.1 Å². The van der Waals surface area contributed by atoms with Gasteiger partial charge in [-0.25, -0.2) is 17.9 Å². The summed E-state index contributed by atoms with van der Waals surface area (Å²) in [5.74, 6) is -2.80. The molecule has 0 aliphatic rings. The number of carbonyl (C=O) groups is 4. The molecule has 2 aromatic carbocycles. The fraction of sp³-hybridized carbons (Fsp3) is 0.321. The van der Waals surface area contributed by atoms with E-state index in [0.29, 0.717) is 15.6 Å². The fourth-order valence-corrected chi connectivity index (χ4v) is 5.41. The summed E-state index contributed by atoms with van der Waals surface area (Å²) in [6.07, 6.45) is -0.0813. The van der Waals surface area contributed by atoms with Gasteiger partial charge in [0, 0.05) is 36.0 Å². The van der Waals surface area contributed by atoms with Crippen LogP contribution < -0.4 is 26.4 Å². The van der Waals surface area contributed by atoms with Crippen LogP contribution in [0.4, 0.5) is 4.79 Å². The van der Waals surface area contributed by atoms with E-state index in [1.807, 2.05) is 0 Å². The Kier molecular flexibility index (Phi) is 14.5. The number of amides is 3. The molecule has 8 N–H and O–H groups in total. The predicted molar refractivity (Wildman–Crippen MR) is 165 cm³/mol. The van der Waals surface area contributed by atoms with E-state index < -0.39 is 52.4 Å². The van der Waals surface area contributed by atoms with Crippen LogP contribution in [-0.2, 0) is 35.6 Å². The van der Waals surface area contributed by atoms with Crippen molar-refractivity contribution < 1.29 is 37.4 Å². The van der Waals surface area contributed by atoms with E-state index in [1.165, 1.54) is 18.2 Å². The van der Waals surface area contributed by atoms with Gasteiger partial charge in [0.25, 0.3) is 0 Å². The van der Waals surface area contributed by atoms with E-state index in [-0.39, 0.29) is 49.7 Å². The van der Waals surface area contributed by atoms with Crippen LogP contribution in [0.1, 0.15) is 30.4 Å². The Hall–Kier alpha value is -4.28. The second-order valence-electron chi connectivity index (χ2n) is 9.39. The maximum absolute atomic E-state index is 13.3.